The number of halogens is 2. The summed E-state index contributed by atoms with van der Waals surface area (Å²) in [4.78, 5) is 7.95. The van der Waals surface area contributed by atoms with Crippen molar-refractivity contribution in [3.05, 3.63) is 89.4 Å². The molecule has 0 aliphatic carbocycles. The van der Waals surface area contributed by atoms with Gasteiger partial charge in [0.25, 0.3) is 0 Å². The van der Waals surface area contributed by atoms with Crippen molar-refractivity contribution in [1.29, 1.82) is 5.26 Å². The molecule has 0 saturated carbocycles. The molecule has 0 unspecified atom stereocenters. The van der Waals surface area contributed by atoms with Crippen LogP contribution in [0.15, 0.2) is 60.9 Å². The summed E-state index contributed by atoms with van der Waals surface area (Å²) < 4.78 is 31.1. The van der Waals surface area contributed by atoms with Crippen LogP contribution in [-0.4, -0.2) is 27.6 Å². The molecule has 0 radical (unpaired) electrons. The molecule has 1 aliphatic rings. The van der Waals surface area contributed by atoms with Crippen LogP contribution in [0.1, 0.15) is 35.6 Å². The highest BCUT2D eigenvalue weighted by Crippen LogP contribution is 2.36. The number of pyridine rings is 1. The predicted octanol–water partition coefficient (Wildman–Crippen LogP) is 5.85. The Balaban J connectivity index is 1.49. The first-order valence-electron chi connectivity index (χ1n) is 11.8. The molecule has 0 atom stereocenters. The van der Waals surface area contributed by atoms with Gasteiger partial charge in [0.05, 0.1) is 11.1 Å². The minimum absolute atomic E-state index is 0.317. The van der Waals surface area contributed by atoms with Gasteiger partial charge in [-0.1, -0.05) is 12.1 Å². The van der Waals surface area contributed by atoms with E-state index in [0.717, 1.165) is 59.3 Å². The van der Waals surface area contributed by atoms with Gasteiger partial charge in [-0.15, -0.1) is 0 Å². The quantitative estimate of drug-likeness (QED) is 0.348. The van der Waals surface area contributed by atoms with Gasteiger partial charge in [0.2, 0.25) is 0 Å². The molecule has 174 valence electrons. The first-order chi connectivity index (χ1) is 17.1. The third-order valence-corrected chi connectivity index (χ3v) is 6.95. The lowest BCUT2D eigenvalue weighted by Gasteiger charge is -2.21. The number of aromatic amines is 1. The van der Waals surface area contributed by atoms with Gasteiger partial charge in [0.15, 0.2) is 0 Å². The zero-order valence-corrected chi connectivity index (χ0v) is 19.0. The van der Waals surface area contributed by atoms with Crippen molar-refractivity contribution in [2.45, 2.75) is 25.3 Å². The number of nitriles is 1. The number of benzene rings is 2. The number of fused-ring (bicyclic) bond motifs is 2. The van der Waals surface area contributed by atoms with E-state index >= 15 is 4.39 Å². The van der Waals surface area contributed by atoms with Gasteiger partial charge in [-0.2, -0.15) is 5.26 Å². The Morgan fingerprint density at radius 3 is 2.69 bits per heavy atom. The van der Waals surface area contributed by atoms with Gasteiger partial charge >= 0.3 is 0 Å². The fourth-order valence-electron chi connectivity index (χ4n) is 5.20. The topological polar surface area (TPSA) is 69.4 Å². The van der Waals surface area contributed by atoms with Crippen molar-refractivity contribution in [3.63, 3.8) is 0 Å². The first-order valence-corrected chi connectivity index (χ1v) is 11.8. The molecular weight excluding hydrogens is 444 g/mol. The van der Waals surface area contributed by atoms with E-state index in [0.29, 0.717) is 29.0 Å². The molecule has 4 heterocycles. The highest BCUT2D eigenvalue weighted by molar-refractivity contribution is 5.97. The Labute approximate surface area is 201 Å². The van der Waals surface area contributed by atoms with Gasteiger partial charge in [-0.05, 0) is 73.5 Å². The number of hydrogen-bond donors (Lipinski definition) is 2. The Hall–Kier alpha value is -4.02. The van der Waals surface area contributed by atoms with E-state index in [1.165, 1.54) is 18.2 Å². The predicted molar refractivity (Wildman–Crippen MR) is 132 cm³/mol. The molecule has 1 fully saturated rings. The molecule has 5 nitrogen and oxygen atoms in total. The SMILES string of the molecule is N#Cc1cn(Cc2cccc(F)c2)c2cc(-c3ccnc4[nH]c(C5CCNCC5)cc34)c(F)cc12. The highest BCUT2D eigenvalue weighted by atomic mass is 19.1. The molecule has 3 aromatic heterocycles. The van der Waals surface area contributed by atoms with Crippen molar-refractivity contribution in [2.24, 2.45) is 0 Å². The number of piperidine rings is 1. The summed E-state index contributed by atoms with van der Waals surface area (Å²) in [6.45, 7) is 2.33. The van der Waals surface area contributed by atoms with Crippen LogP contribution in [0, 0.1) is 23.0 Å². The largest absolute Gasteiger partial charge is 0.343 e. The van der Waals surface area contributed by atoms with Crippen molar-refractivity contribution in [3.8, 4) is 17.2 Å². The van der Waals surface area contributed by atoms with Crippen LogP contribution in [0.2, 0.25) is 0 Å². The molecule has 0 bridgehead atoms. The average Bonchev–Trinajstić information content (AvgIpc) is 3.45. The zero-order chi connectivity index (χ0) is 23.9. The summed E-state index contributed by atoms with van der Waals surface area (Å²) in [7, 11) is 0. The molecule has 1 saturated heterocycles. The molecule has 35 heavy (non-hydrogen) atoms. The van der Waals surface area contributed by atoms with E-state index < -0.39 is 5.82 Å². The first kappa shape index (κ1) is 21.5. The molecule has 0 spiro atoms. The van der Waals surface area contributed by atoms with Crippen molar-refractivity contribution >= 4 is 21.9 Å². The Morgan fingerprint density at radius 1 is 1.03 bits per heavy atom. The van der Waals surface area contributed by atoms with Gasteiger partial charge in [0.1, 0.15) is 23.4 Å². The molecule has 5 aromatic rings. The van der Waals surface area contributed by atoms with E-state index in [1.54, 1.807) is 24.5 Å². The van der Waals surface area contributed by atoms with Gasteiger partial charge in [-0.25, -0.2) is 13.8 Å². The number of rotatable bonds is 4. The standard InChI is InChI=1S/C28H23F2N5/c29-20-3-1-2-17(10-20)15-35-16-19(14-31)22-11-25(30)23(13-27(22)35)21-6-9-33-28-24(21)12-26(34-28)18-4-7-32-8-5-18/h1-3,6,9-13,16,18,32H,4-5,7-8,15H2,(H,33,34). The van der Waals surface area contributed by atoms with Crippen molar-refractivity contribution in [1.82, 2.24) is 19.9 Å². The molecule has 1 aliphatic heterocycles. The fraction of sp³-hybridized carbons (Fsp3) is 0.214. The lowest BCUT2D eigenvalue weighted by molar-refractivity contribution is 0.455. The second-order valence-corrected chi connectivity index (χ2v) is 9.13. The molecule has 2 N–H and O–H groups in total. The van der Waals surface area contributed by atoms with Crippen LogP contribution < -0.4 is 5.32 Å². The molecule has 6 rings (SSSR count). The van der Waals surface area contributed by atoms with E-state index in [2.05, 4.69) is 27.4 Å². The Bertz CT molecular complexity index is 1600. The normalized spacial score (nSPS) is 14.5. The third-order valence-electron chi connectivity index (χ3n) is 6.95. The maximum atomic E-state index is 15.5. The Kier molecular flexibility index (Phi) is 5.31. The average molecular weight is 468 g/mol. The van der Waals surface area contributed by atoms with E-state index in [-0.39, 0.29) is 5.82 Å². The minimum Gasteiger partial charge on any atom is -0.343 e. The summed E-state index contributed by atoms with van der Waals surface area (Å²) >= 11 is 0. The van der Waals surface area contributed by atoms with Crippen LogP contribution in [0.3, 0.4) is 0 Å². The van der Waals surface area contributed by atoms with Gasteiger partial charge in [0, 0.05) is 46.9 Å². The van der Waals surface area contributed by atoms with Crippen LogP contribution in [0.5, 0.6) is 0 Å². The molecule has 2 aromatic carbocycles. The summed E-state index contributed by atoms with van der Waals surface area (Å²) in [6, 6.07) is 15.7. The van der Waals surface area contributed by atoms with E-state index in [4.69, 9.17) is 0 Å². The van der Waals surface area contributed by atoms with Crippen LogP contribution >= 0.6 is 0 Å². The molecular formula is C28H23F2N5. The second kappa shape index (κ2) is 8.64. The maximum absolute atomic E-state index is 15.5. The summed E-state index contributed by atoms with van der Waals surface area (Å²) in [5, 5.41) is 14.4. The number of H-pyrrole nitrogens is 1. The number of hydrogen-bond acceptors (Lipinski definition) is 3. The third kappa shape index (κ3) is 3.86. The summed E-state index contributed by atoms with van der Waals surface area (Å²) in [6.07, 6.45) is 5.49. The second-order valence-electron chi connectivity index (χ2n) is 9.13. The maximum Gasteiger partial charge on any atom is 0.138 e. The van der Waals surface area contributed by atoms with E-state index in [1.807, 2.05) is 16.7 Å². The Morgan fingerprint density at radius 2 is 1.89 bits per heavy atom. The van der Waals surface area contributed by atoms with Gasteiger partial charge < -0.3 is 14.9 Å². The lowest BCUT2D eigenvalue weighted by atomic mass is 9.94. The van der Waals surface area contributed by atoms with Gasteiger partial charge in [-0.3, -0.25) is 0 Å². The lowest BCUT2D eigenvalue weighted by Crippen LogP contribution is -2.26. The van der Waals surface area contributed by atoms with Crippen LogP contribution in [0.25, 0.3) is 33.1 Å². The number of nitrogens with zero attached hydrogens (tertiary/aromatic N) is 3. The number of nitrogens with one attached hydrogen (secondary N) is 2. The summed E-state index contributed by atoms with van der Waals surface area (Å²) in [5.74, 6) is -0.288. The summed E-state index contributed by atoms with van der Waals surface area (Å²) in [5.41, 5.74) is 4.94. The highest BCUT2D eigenvalue weighted by Gasteiger charge is 2.20. The minimum atomic E-state index is -0.394. The van der Waals surface area contributed by atoms with Crippen LogP contribution in [0.4, 0.5) is 8.78 Å². The smallest absolute Gasteiger partial charge is 0.138 e. The fourth-order valence-corrected chi connectivity index (χ4v) is 5.20. The molecule has 0 amide bonds. The monoisotopic (exact) mass is 467 g/mol. The van der Waals surface area contributed by atoms with E-state index in [9.17, 15) is 9.65 Å². The van der Waals surface area contributed by atoms with Crippen molar-refractivity contribution in [2.75, 3.05) is 13.1 Å². The van der Waals surface area contributed by atoms with Crippen molar-refractivity contribution < 1.29 is 8.78 Å². The molecule has 7 heteroatoms. The zero-order valence-electron chi connectivity index (χ0n) is 19.0. The number of aromatic nitrogens is 3. The van der Waals surface area contributed by atoms with Crippen LogP contribution in [-0.2, 0) is 6.54 Å².